The highest BCUT2D eigenvalue weighted by Crippen LogP contribution is 2.20. The molecular formula is C8H10O3. The molecule has 0 bridgehead atoms. The number of ether oxygens (including phenoxy) is 2. The number of rotatable bonds is 2. The molecule has 60 valence electrons. The van der Waals surface area contributed by atoms with E-state index in [1.807, 2.05) is 0 Å². The number of carbonyl (C=O) groups is 1. The van der Waals surface area contributed by atoms with Crippen molar-refractivity contribution in [1.29, 1.82) is 0 Å². The maximum absolute atomic E-state index is 11.0. The third-order valence-electron chi connectivity index (χ3n) is 1.38. The average molecular weight is 154 g/mol. The van der Waals surface area contributed by atoms with E-state index in [2.05, 4.69) is 6.58 Å². The molecule has 1 heterocycles. The van der Waals surface area contributed by atoms with Crippen molar-refractivity contribution >= 4 is 5.97 Å². The first-order valence-corrected chi connectivity index (χ1v) is 3.44. The average Bonchev–Trinajstić information content (AvgIpc) is 2.36. The molecule has 0 N–H and O–H groups in total. The first kappa shape index (κ1) is 7.85. The van der Waals surface area contributed by atoms with E-state index in [9.17, 15) is 4.79 Å². The molecule has 0 amide bonds. The summed E-state index contributed by atoms with van der Waals surface area (Å²) in [6.45, 7) is 5.70. The Morgan fingerprint density at radius 1 is 1.91 bits per heavy atom. The molecule has 1 aliphatic heterocycles. The molecule has 0 aromatic heterocycles. The fourth-order valence-electron chi connectivity index (χ4n) is 0.828. The Kier molecular flexibility index (Phi) is 2.31. The first-order valence-electron chi connectivity index (χ1n) is 3.44. The van der Waals surface area contributed by atoms with Gasteiger partial charge in [0.2, 0.25) is 0 Å². The van der Waals surface area contributed by atoms with Crippen LogP contribution in [0.25, 0.3) is 0 Å². The van der Waals surface area contributed by atoms with Crippen molar-refractivity contribution in [2.45, 2.75) is 6.92 Å². The van der Waals surface area contributed by atoms with Crippen molar-refractivity contribution in [3.05, 3.63) is 24.7 Å². The fourth-order valence-corrected chi connectivity index (χ4v) is 0.828. The lowest BCUT2D eigenvalue weighted by atomic mass is 10.1. The summed E-state index contributed by atoms with van der Waals surface area (Å²) in [6, 6.07) is 0. The van der Waals surface area contributed by atoms with Crippen molar-refractivity contribution in [2.75, 3.05) is 6.61 Å². The van der Waals surface area contributed by atoms with Gasteiger partial charge in [0.15, 0.2) is 0 Å². The summed E-state index contributed by atoms with van der Waals surface area (Å²) in [5, 5.41) is 0. The second-order valence-electron chi connectivity index (χ2n) is 2.14. The maximum atomic E-state index is 11.0. The molecule has 3 nitrogen and oxygen atoms in total. The second kappa shape index (κ2) is 3.23. The van der Waals surface area contributed by atoms with Crippen LogP contribution in [0.15, 0.2) is 24.7 Å². The van der Waals surface area contributed by atoms with Gasteiger partial charge in [0.05, 0.1) is 12.9 Å². The van der Waals surface area contributed by atoms with Gasteiger partial charge in [0.25, 0.3) is 0 Å². The van der Waals surface area contributed by atoms with E-state index in [1.54, 1.807) is 13.0 Å². The summed E-state index contributed by atoms with van der Waals surface area (Å²) in [4.78, 5) is 11.0. The predicted octanol–water partition coefficient (Wildman–Crippen LogP) is 1.22. The minimum absolute atomic E-state index is 0.300. The minimum atomic E-state index is -0.407. The third kappa shape index (κ3) is 1.61. The second-order valence-corrected chi connectivity index (χ2v) is 2.14. The van der Waals surface area contributed by atoms with E-state index in [0.717, 1.165) is 0 Å². The van der Waals surface area contributed by atoms with Crippen LogP contribution < -0.4 is 0 Å². The van der Waals surface area contributed by atoms with Crippen LogP contribution in [-0.4, -0.2) is 12.6 Å². The van der Waals surface area contributed by atoms with E-state index in [4.69, 9.17) is 9.47 Å². The molecular weight excluding hydrogens is 144 g/mol. The molecule has 0 radical (unpaired) electrons. The van der Waals surface area contributed by atoms with Crippen LogP contribution in [0, 0.1) is 5.92 Å². The van der Waals surface area contributed by atoms with Crippen LogP contribution in [0.1, 0.15) is 6.92 Å². The van der Waals surface area contributed by atoms with Crippen LogP contribution in [0.5, 0.6) is 0 Å². The minimum Gasteiger partial charge on any atom is -0.469 e. The largest absolute Gasteiger partial charge is 0.469 e. The van der Waals surface area contributed by atoms with E-state index >= 15 is 0 Å². The normalized spacial score (nSPS) is 21.5. The molecule has 0 saturated heterocycles. The van der Waals surface area contributed by atoms with E-state index in [-0.39, 0.29) is 5.97 Å². The molecule has 0 aromatic rings. The molecule has 0 spiro atoms. The molecule has 0 saturated carbocycles. The Hall–Kier alpha value is -1.25. The molecule has 0 fully saturated rings. The summed E-state index contributed by atoms with van der Waals surface area (Å²) >= 11 is 0. The Balaban J connectivity index is 2.53. The van der Waals surface area contributed by atoms with Crippen molar-refractivity contribution in [3.63, 3.8) is 0 Å². The van der Waals surface area contributed by atoms with E-state index in [1.165, 1.54) is 6.26 Å². The summed E-state index contributed by atoms with van der Waals surface area (Å²) in [5.41, 5.74) is 0. The van der Waals surface area contributed by atoms with Gasteiger partial charge in [-0.2, -0.15) is 0 Å². The quantitative estimate of drug-likeness (QED) is 0.561. The van der Waals surface area contributed by atoms with Crippen molar-refractivity contribution in [2.24, 2.45) is 5.92 Å². The standard InChI is InChI=1S/C8H10O3/c1-3-10-8(9)7-4-5-11-6(7)2/h4-5,7H,2-3H2,1H3. The predicted molar refractivity (Wildman–Crippen MR) is 39.5 cm³/mol. The zero-order chi connectivity index (χ0) is 8.27. The van der Waals surface area contributed by atoms with Gasteiger partial charge in [-0.25, -0.2) is 0 Å². The topological polar surface area (TPSA) is 35.5 Å². The number of hydrogen-bond acceptors (Lipinski definition) is 3. The molecule has 1 aliphatic rings. The molecule has 0 aliphatic carbocycles. The smallest absolute Gasteiger partial charge is 0.320 e. The van der Waals surface area contributed by atoms with Gasteiger partial charge in [0.1, 0.15) is 11.7 Å². The summed E-state index contributed by atoms with van der Waals surface area (Å²) in [7, 11) is 0. The molecule has 1 rings (SSSR count). The monoisotopic (exact) mass is 154 g/mol. The zero-order valence-corrected chi connectivity index (χ0v) is 6.37. The van der Waals surface area contributed by atoms with Gasteiger partial charge in [0, 0.05) is 0 Å². The maximum Gasteiger partial charge on any atom is 0.320 e. The van der Waals surface area contributed by atoms with E-state index in [0.29, 0.717) is 12.4 Å². The summed E-state index contributed by atoms with van der Waals surface area (Å²) in [5.74, 6) is -0.273. The molecule has 11 heavy (non-hydrogen) atoms. The van der Waals surface area contributed by atoms with Crippen LogP contribution >= 0.6 is 0 Å². The summed E-state index contributed by atoms with van der Waals surface area (Å²) < 4.78 is 9.62. The summed E-state index contributed by atoms with van der Waals surface area (Å²) in [6.07, 6.45) is 3.07. The van der Waals surface area contributed by atoms with E-state index < -0.39 is 5.92 Å². The lowest BCUT2D eigenvalue weighted by molar-refractivity contribution is -0.145. The SMILES string of the molecule is C=C1OC=CC1C(=O)OCC. The van der Waals surface area contributed by atoms with Gasteiger partial charge < -0.3 is 9.47 Å². The van der Waals surface area contributed by atoms with Crippen molar-refractivity contribution in [1.82, 2.24) is 0 Å². The van der Waals surface area contributed by atoms with Crippen LogP contribution in [0.4, 0.5) is 0 Å². The molecule has 3 heteroatoms. The van der Waals surface area contributed by atoms with Crippen molar-refractivity contribution < 1.29 is 14.3 Å². The number of carbonyl (C=O) groups excluding carboxylic acids is 1. The Morgan fingerprint density at radius 2 is 2.64 bits per heavy atom. The highest BCUT2D eigenvalue weighted by Gasteiger charge is 2.24. The molecule has 1 atom stereocenters. The zero-order valence-electron chi connectivity index (χ0n) is 6.37. The van der Waals surface area contributed by atoms with Gasteiger partial charge in [-0.05, 0) is 13.0 Å². The van der Waals surface area contributed by atoms with Gasteiger partial charge >= 0.3 is 5.97 Å². The lowest BCUT2D eigenvalue weighted by Crippen LogP contribution is -2.15. The van der Waals surface area contributed by atoms with Crippen LogP contribution in [0.2, 0.25) is 0 Å². The Labute approximate surface area is 65.3 Å². The van der Waals surface area contributed by atoms with Gasteiger partial charge in [-0.1, -0.05) is 6.58 Å². The molecule has 1 unspecified atom stereocenters. The van der Waals surface area contributed by atoms with Crippen molar-refractivity contribution in [3.8, 4) is 0 Å². The highest BCUT2D eigenvalue weighted by atomic mass is 16.5. The van der Waals surface area contributed by atoms with Gasteiger partial charge in [-0.15, -0.1) is 0 Å². The first-order chi connectivity index (χ1) is 5.25. The van der Waals surface area contributed by atoms with Crippen LogP contribution in [0.3, 0.4) is 0 Å². The number of esters is 1. The lowest BCUT2D eigenvalue weighted by Gasteiger charge is -2.06. The fraction of sp³-hybridized carbons (Fsp3) is 0.375. The Morgan fingerprint density at radius 3 is 3.09 bits per heavy atom. The third-order valence-corrected chi connectivity index (χ3v) is 1.38. The molecule has 0 aromatic carbocycles. The number of hydrogen-bond donors (Lipinski definition) is 0. The van der Waals surface area contributed by atoms with Gasteiger partial charge in [-0.3, -0.25) is 4.79 Å². The highest BCUT2D eigenvalue weighted by molar-refractivity contribution is 5.77. The Bertz CT molecular complexity index is 205. The van der Waals surface area contributed by atoms with Crippen LogP contribution in [-0.2, 0) is 14.3 Å².